The Bertz CT molecular complexity index is 650. The molecule has 0 unspecified atom stereocenters. The van der Waals surface area contributed by atoms with Crippen LogP contribution in [0.4, 0.5) is 0 Å². The van der Waals surface area contributed by atoms with E-state index in [4.69, 9.17) is 0 Å². The Kier molecular flexibility index (Phi) is 4.44. The molecule has 1 aliphatic rings. The van der Waals surface area contributed by atoms with E-state index >= 15 is 0 Å². The number of hydrogen-bond acceptors (Lipinski definition) is 3. The number of hydrogen-bond donors (Lipinski definition) is 1. The second-order valence-corrected chi connectivity index (χ2v) is 6.63. The van der Waals surface area contributed by atoms with Crippen molar-refractivity contribution in [3.63, 3.8) is 0 Å². The number of pyridine rings is 1. The third-order valence-electron chi connectivity index (χ3n) is 3.97. The van der Waals surface area contributed by atoms with E-state index in [1.165, 1.54) is 35.6 Å². The highest BCUT2D eigenvalue weighted by molar-refractivity contribution is 7.99. The molecule has 1 aromatic carbocycles. The maximum Gasteiger partial charge on any atom is 0.230 e. The van der Waals surface area contributed by atoms with Gasteiger partial charge in [-0.05, 0) is 37.5 Å². The first-order chi connectivity index (χ1) is 10.2. The molecular formula is C17H20N2OS. The van der Waals surface area contributed by atoms with E-state index in [2.05, 4.69) is 29.4 Å². The third-order valence-corrected chi connectivity index (χ3v) is 4.88. The molecule has 2 aromatic rings. The number of carbonyl (C=O) groups is 1. The van der Waals surface area contributed by atoms with Crippen LogP contribution in [0.25, 0.3) is 10.9 Å². The van der Waals surface area contributed by atoms with Crippen LogP contribution in [0.3, 0.4) is 0 Å². The SMILES string of the molecule is Cc1cc(SCC(=O)NC2CCCC2)nc2ccccc12. The van der Waals surface area contributed by atoms with Gasteiger partial charge in [0.2, 0.25) is 5.91 Å². The number of aryl methyl sites for hydroxylation is 1. The molecule has 3 nitrogen and oxygen atoms in total. The van der Waals surface area contributed by atoms with Crippen LogP contribution >= 0.6 is 11.8 Å². The van der Waals surface area contributed by atoms with Crippen molar-refractivity contribution in [1.82, 2.24) is 10.3 Å². The summed E-state index contributed by atoms with van der Waals surface area (Å²) in [6.07, 6.45) is 4.74. The highest BCUT2D eigenvalue weighted by Gasteiger charge is 2.17. The molecule has 0 atom stereocenters. The Morgan fingerprint density at radius 3 is 2.90 bits per heavy atom. The molecule has 1 aliphatic carbocycles. The maximum absolute atomic E-state index is 12.0. The molecule has 1 N–H and O–H groups in total. The van der Waals surface area contributed by atoms with Crippen molar-refractivity contribution < 1.29 is 4.79 Å². The molecule has 21 heavy (non-hydrogen) atoms. The lowest BCUT2D eigenvalue weighted by molar-refractivity contribution is -0.119. The summed E-state index contributed by atoms with van der Waals surface area (Å²) in [5, 5.41) is 5.22. The Labute approximate surface area is 129 Å². The number of rotatable bonds is 4. The van der Waals surface area contributed by atoms with Crippen molar-refractivity contribution in [3.8, 4) is 0 Å². The largest absolute Gasteiger partial charge is 0.353 e. The lowest BCUT2D eigenvalue weighted by atomic mass is 10.1. The molecule has 0 saturated heterocycles. The van der Waals surface area contributed by atoms with Crippen LogP contribution in [0, 0.1) is 6.92 Å². The minimum absolute atomic E-state index is 0.125. The molecule has 1 aromatic heterocycles. The lowest BCUT2D eigenvalue weighted by Gasteiger charge is -2.11. The van der Waals surface area contributed by atoms with Gasteiger partial charge in [0.15, 0.2) is 0 Å². The van der Waals surface area contributed by atoms with Gasteiger partial charge in [-0.15, -0.1) is 0 Å². The van der Waals surface area contributed by atoms with Crippen molar-refractivity contribution in [2.75, 3.05) is 5.75 Å². The van der Waals surface area contributed by atoms with Gasteiger partial charge in [-0.1, -0.05) is 42.8 Å². The summed E-state index contributed by atoms with van der Waals surface area (Å²) in [4.78, 5) is 16.6. The van der Waals surface area contributed by atoms with Crippen LogP contribution in [-0.2, 0) is 4.79 Å². The van der Waals surface area contributed by atoms with Gasteiger partial charge in [-0.25, -0.2) is 4.98 Å². The normalized spacial score (nSPS) is 15.5. The van der Waals surface area contributed by atoms with E-state index in [0.717, 1.165) is 23.4 Å². The summed E-state index contributed by atoms with van der Waals surface area (Å²) < 4.78 is 0. The summed E-state index contributed by atoms with van der Waals surface area (Å²) in [6.45, 7) is 2.09. The fourth-order valence-electron chi connectivity index (χ4n) is 2.87. The summed E-state index contributed by atoms with van der Waals surface area (Å²) in [6, 6.07) is 10.6. The van der Waals surface area contributed by atoms with Gasteiger partial charge in [-0.2, -0.15) is 0 Å². The van der Waals surface area contributed by atoms with E-state index in [-0.39, 0.29) is 5.91 Å². The van der Waals surface area contributed by atoms with Crippen LogP contribution in [0.2, 0.25) is 0 Å². The smallest absolute Gasteiger partial charge is 0.230 e. The quantitative estimate of drug-likeness (QED) is 0.876. The molecule has 110 valence electrons. The zero-order chi connectivity index (χ0) is 14.7. The Morgan fingerprint density at radius 2 is 2.10 bits per heavy atom. The molecule has 1 amide bonds. The van der Waals surface area contributed by atoms with Crippen molar-refractivity contribution in [2.24, 2.45) is 0 Å². The standard InChI is InChI=1S/C17H20N2OS/c1-12-10-17(19-15-9-5-4-8-14(12)15)21-11-16(20)18-13-6-2-3-7-13/h4-5,8-10,13H,2-3,6-7,11H2,1H3,(H,18,20). The van der Waals surface area contributed by atoms with E-state index in [1.54, 1.807) is 0 Å². The number of thioether (sulfide) groups is 1. The number of amides is 1. The molecule has 0 aliphatic heterocycles. The van der Waals surface area contributed by atoms with E-state index in [1.807, 2.05) is 18.2 Å². The minimum Gasteiger partial charge on any atom is -0.353 e. The Hall–Kier alpha value is -1.55. The fourth-order valence-corrected chi connectivity index (χ4v) is 3.66. The van der Waals surface area contributed by atoms with Crippen molar-refractivity contribution in [1.29, 1.82) is 0 Å². The maximum atomic E-state index is 12.0. The number of nitrogens with one attached hydrogen (secondary N) is 1. The Morgan fingerprint density at radius 1 is 1.33 bits per heavy atom. The first-order valence-electron chi connectivity index (χ1n) is 7.51. The molecule has 1 heterocycles. The van der Waals surface area contributed by atoms with Crippen LogP contribution in [-0.4, -0.2) is 22.7 Å². The monoisotopic (exact) mass is 300 g/mol. The second-order valence-electron chi connectivity index (χ2n) is 5.63. The first-order valence-corrected chi connectivity index (χ1v) is 8.49. The van der Waals surface area contributed by atoms with Crippen LogP contribution in [0.15, 0.2) is 35.4 Å². The summed E-state index contributed by atoms with van der Waals surface area (Å²) in [5.74, 6) is 0.570. The van der Waals surface area contributed by atoms with E-state index < -0.39 is 0 Å². The molecule has 0 radical (unpaired) electrons. The van der Waals surface area contributed by atoms with Crippen LogP contribution in [0.1, 0.15) is 31.2 Å². The van der Waals surface area contributed by atoms with Crippen LogP contribution < -0.4 is 5.32 Å². The van der Waals surface area contributed by atoms with Crippen molar-refractivity contribution in [2.45, 2.75) is 43.7 Å². The average Bonchev–Trinajstić information content (AvgIpc) is 2.98. The molecule has 1 fully saturated rings. The predicted octanol–water partition coefficient (Wildman–Crippen LogP) is 3.69. The summed E-state index contributed by atoms with van der Waals surface area (Å²) >= 11 is 1.52. The van der Waals surface area contributed by atoms with Gasteiger partial charge in [0.1, 0.15) is 0 Å². The van der Waals surface area contributed by atoms with Gasteiger partial charge in [-0.3, -0.25) is 4.79 Å². The van der Waals surface area contributed by atoms with Crippen molar-refractivity contribution >= 4 is 28.6 Å². The third kappa shape index (κ3) is 3.56. The van der Waals surface area contributed by atoms with Gasteiger partial charge >= 0.3 is 0 Å². The van der Waals surface area contributed by atoms with Gasteiger partial charge < -0.3 is 5.32 Å². The van der Waals surface area contributed by atoms with E-state index in [0.29, 0.717) is 11.8 Å². The van der Waals surface area contributed by atoms with E-state index in [9.17, 15) is 4.79 Å². The number of benzene rings is 1. The highest BCUT2D eigenvalue weighted by Crippen LogP contribution is 2.24. The zero-order valence-electron chi connectivity index (χ0n) is 12.3. The first kappa shape index (κ1) is 14.4. The average molecular weight is 300 g/mol. The summed E-state index contributed by atoms with van der Waals surface area (Å²) in [5.41, 5.74) is 2.20. The number of para-hydroxylation sites is 1. The molecule has 1 saturated carbocycles. The number of aromatic nitrogens is 1. The lowest BCUT2D eigenvalue weighted by Crippen LogP contribution is -2.33. The van der Waals surface area contributed by atoms with Gasteiger partial charge in [0.25, 0.3) is 0 Å². The van der Waals surface area contributed by atoms with Crippen molar-refractivity contribution in [3.05, 3.63) is 35.9 Å². The minimum atomic E-state index is 0.125. The summed E-state index contributed by atoms with van der Waals surface area (Å²) in [7, 11) is 0. The zero-order valence-corrected chi connectivity index (χ0v) is 13.1. The fraction of sp³-hybridized carbons (Fsp3) is 0.412. The molecular weight excluding hydrogens is 280 g/mol. The highest BCUT2D eigenvalue weighted by atomic mass is 32.2. The van der Waals surface area contributed by atoms with Gasteiger partial charge in [0, 0.05) is 11.4 Å². The molecule has 0 bridgehead atoms. The topological polar surface area (TPSA) is 42.0 Å². The number of nitrogens with zero attached hydrogens (tertiary/aromatic N) is 1. The predicted molar refractivity (Wildman–Crippen MR) is 87.6 cm³/mol. The number of carbonyl (C=O) groups excluding carboxylic acids is 1. The number of fused-ring (bicyclic) bond motifs is 1. The molecule has 0 spiro atoms. The van der Waals surface area contributed by atoms with Crippen LogP contribution in [0.5, 0.6) is 0 Å². The second kappa shape index (κ2) is 6.48. The molecule has 4 heteroatoms. The molecule has 3 rings (SSSR count). The van der Waals surface area contributed by atoms with Gasteiger partial charge in [0.05, 0.1) is 16.3 Å². The Balaban J connectivity index is 1.63.